The molecule has 0 rings (SSSR count). The van der Waals surface area contributed by atoms with Crippen LogP contribution in [0.4, 0.5) is 0 Å². The lowest BCUT2D eigenvalue weighted by Gasteiger charge is -2.17. The molecule has 0 aliphatic rings. The van der Waals surface area contributed by atoms with Crippen LogP contribution in [0.3, 0.4) is 0 Å². The number of rotatable bonds is 5. The largest absolute Gasteiger partial charge is 0.193 e. The Morgan fingerprint density at radius 3 is 2.15 bits per heavy atom. The molecule has 0 aromatic rings. The summed E-state index contributed by atoms with van der Waals surface area (Å²) in [5, 5.41) is 8.65. The number of nitriles is 1. The van der Waals surface area contributed by atoms with Gasteiger partial charge in [0.25, 0.3) is 0 Å². The van der Waals surface area contributed by atoms with Gasteiger partial charge < -0.3 is 0 Å². The fourth-order valence-electron chi connectivity index (χ4n) is 1.76. The van der Waals surface area contributed by atoms with Crippen molar-refractivity contribution < 1.29 is 0 Å². The van der Waals surface area contributed by atoms with Gasteiger partial charge in [-0.1, -0.05) is 34.3 Å². The lowest BCUT2D eigenvalue weighted by Crippen LogP contribution is -2.07. The predicted octanol–water partition coefficient (Wildman–Crippen LogP) is 3.77. The molecule has 0 saturated carbocycles. The van der Waals surface area contributed by atoms with E-state index in [0.717, 1.165) is 17.9 Å². The first-order valence-electron chi connectivity index (χ1n) is 5.06. The molecule has 0 aromatic carbocycles. The zero-order chi connectivity index (χ0) is 10.4. The Morgan fingerprint density at radius 2 is 1.77 bits per heavy atom. The number of allylic oxidation sites excluding steroid dienone is 1. The molecule has 2 unspecified atom stereocenters. The Hall–Kier alpha value is -0.770. The van der Waals surface area contributed by atoms with Crippen LogP contribution in [-0.2, 0) is 0 Å². The van der Waals surface area contributed by atoms with Gasteiger partial charge in [0.05, 0.1) is 6.07 Å². The summed E-state index contributed by atoms with van der Waals surface area (Å²) in [4.78, 5) is 0. The second kappa shape index (κ2) is 5.80. The maximum absolute atomic E-state index is 8.65. The fraction of sp³-hybridized carbons (Fsp3) is 0.750. The first-order chi connectivity index (χ1) is 5.97. The Kier molecular flexibility index (Phi) is 5.46. The van der Waals surface area contributed by atoms with Crippen LogP contribution in [0, 0.1) is 29.1 Å². The van der Waals surface area contributed by atoms with Crippen LogP contribution in [0.15, 0.2) is 12.2 Å². The highest BCUT2D eigenvalue weighted by Gasteiger charge is 2.12. The van der Waals surface area contributed by atoms with Crippen LogP contribution in [-0.4, -0.2) is 0 Å². The lowest BCUT2D eigenvalue weighted by molar-refractivity contribution is 0.379. The van der Waals surface area contributed by atoms with Gasteiger partial charge in [0.15, 0.2) is 0 Å². The third kappa shape index (κ3) is 5.47. The number of hydrogen-bond donors (Lipinski definition) is 0. The van der Waals surface area contributed by atoms with E-state index in [-0.39, 0.29) is 0 Å². The normalized spacial score (nSPS) is 15.1. The van der Waals surface area contributed by atoms with Crippen LogP contribution < -0.4 is 0 Å². The van der Waals surface area contributed by atoms with Gasteiger partial charge in [-0.05, 0) is 30.6 Å². The third-order valence-electron chi connectivity index (χ3n) is 2.37. The average Bonchev–Trinajstić information content (AvgIpc) is 2.01. The van der Waals surface area contributed by atoms with Gasteiger partial charge in [-0.3, -0.25) is 0 Å². The van der Waals surface area contributed by atoms with Crippen molar-refractivity contribution in [1.29, 1.82) is 5.26 Å². The van der Waals surface area contributed by atoms with E-state index in [9.17, 15) is 0 Å². The Bertz CT molecular complexity index is 198. The standard InChI is InChI=1S/C12H21N/c1-9(2)6-10(3)7-11(4)12(5)8-13/h9-11H,5-7H2,1-4H3. The zero-order valence-electron chi connectivity index (χ0n) is 9.30. The molecule has 0 fully saturated rings. The molecular weight excluding hydrogens is 158 g/mol. The van der Waals surface area contributed by atoms with Crippen LogP contribution in [0.25, 0.3) is 0 Å². The highest BCUT2D eigenvalue weighted by Crippen LogP contribution is 2.22. The van der Waals surface area contributed by atoms with Crippen molar-refractivity contribution in [1.82, 2.24) is 0 Å². The summed E-state index contributed by atoms with van der Waals surface area (Å²) in [6, 6.07) is 2.13. The van der Waals surface area contributed by atoms with E-state index in [2.05, 4.69) is 40.3 Å². The second-order valence-corrected chi connectivity index (χ2v) is 4.51. The molecule has 0 aromatic heterocycles. The second-order valence-electron chi connectivity index (χ2n) is 4.51. The summed E-state index contributed by atoms with van der Waals surface area (Å²) in [7, 11) is 0. The molecule has 0 aliphatic heterocycles. The first-order valence-corrected chi connectivity index (χ1v) is 5.06. The average molecular weight is 179 g/mol. The molecule has 0 amide bonds. The van der Waals surface area contributed by atoms with Gasteiger partial charge in [0, 0.05) is 5.57 Å². The van der Waals surface area contributed by atoms with Crippen molar-refractivity contribution in [2.24, 2.45) is 17.8 Å². The van der Waals surface area contributed by atoms with Crippen LogP contribution >= 0.6 is 0 Å². The number of nitrogens with zero attached hydrogens (tertiary/aromatic N) is 1. The van der Waals surface area contributed by atoms with Crippen molar-refractivity contribution in [3.63, 3.8) is 0 Å². The highest BCUT2D eigenvalue weighted by atomic mass is 14.3. The summed E-state index contributed by atoms with van der Waals surface area (Å²) in [5.41, 5.74) is 0.718. The quantitative estimate of drug-likeness (QED) is 0.589. The van der Waals surface area contributed by atoms with Crippen molar-refractivity contribution in [2.45, 2.75) is 40.5 Å². The SMILES string of the molecule is C=C(C#N)C(C)CC(C)CC(C)C. The van der Waals surface area contributed by atoms with Crippen LogP contribution in [0.2, 0.25) is 0 Å². The van der Waals surface area contributed by atoms with E-state index < -0.39 is 0 Å². The molecule has 0 aliphatic carbocycles. The summed E-state index contributed by atoms with van der Waals surface area (Å²) < 4.78 is 0. The van der Waals surface area contributed by atoms with Gasteiger partial charge in [-0.25, -0.2) is 0 Å². The summed E-state index contributed by atoms with van der Waals surface area (Å²) in [5.74, 6) is 1.79. The molecule has 0 radical (unpaired) electrons. The summed E-state index contributed by atoms with van der Waals surface area (Å²) in [6.45, 7) is 12.6. The molecule has 2 atom stereocenters. The zero-order valence-corrected chi connectivity index (χ0v) is 9.30. The molecule has 13 heavy (non-hydrogen) atoms. The van der Waals surface area contributed by atoms with Crippen molar-refractivity contribution in [3.05, 3.63) is 12.2 Å². The molecular formula is C12H21N. The highest BCUT2D eigenvalue weighted by molar-refractivity contribution is 5.18. The van der Waals surface area contributed by atoms with E-state index >= 15 is 0 Å². The molecule has 0 saturated heterocycles. The first kappa shape index (κ1) is 12.2. The van der Waals surface area contributed by atoms with Crippen LogP contribution in [0.1, 0.15) is 40.5 Å². The van der Waals surface area contributed by atoms with Crippen molar-refractivity contribution in [3.8, 4) is 6.07 Å². The monoisotopic (exact) mass is 179 g/mol. The van der Waals surface area contributed by atoms with Gasteiger partial charge in [-0.15, -0.1) is 0 Å². The van der Waals surface area contributed by atoms with Crippen molar-refractivity contribution >= 4 is 0 Å². The molecule has 1 nitrogen and oxygen atoms in total. The molecule has 0 spiro atoms. The Morgan fingerprint density at radius 1 is 1.23 bits per heavy atom. The maximum Gasteiger partial charge on any atom is 0.0943 e. The van der Waals surface area contributed by atoms with Gasteiger partial charge in [0.2, 0.25) is 0 Å². The molecule has 74 valence electrons. The lowest BCUT2D eigenvalue weighted by atomic mass is 9.87. The van der Waals surface area contributed by atoms with Gasteiger partial charge in [-0.2, -0.15) is 5.26 Å². The van der Waals surface area contributed by atoms with Gasteiger partial charge in [0.1, 0.15) is 0 Å². The van der Waals surface area contributed by atoms with E-state index in [0.29, 0.717) is 11.8 Å². The van der Waals surface area contributed by atoms with E-state index in [1.165, 1.54) is 6.42 Å². The molecule has 0 bridgehead atoms. The Balaban J connectivity index is 3.86. The predicted molar refractivity (Wildman–Crippen MR) is 57.2 cm³/mol. The molecule has 0 heterocycles. The maximum atomic E-state index is 8.65. The Labute approximate surface area is 82.5 Å². The smallest absolute Gasteiger partial charge is 0.0943 e. The van der Waals surface area contributed by atoms with E-state index in [1.54, 1.807) is 0 Å². The minimum absolute atomic E-state index is 0.346. The van der Waals surface area contributed by atoms with E-state index in [4.69, 9.17) is 5.26 Å². The third-order valence-corrected chi connectivity index (χ3v) is 2.37. The van der Waals surface area contributed by atoms with Gasteiger partial charge >= 0.3 is 0 Å². The minimum atomic E-state index is 0.346. The van der Waals surface area contributed by atoms with Crippen molar-refractivity contribution in [2.75, 3.05) is 0 Å². The minimum Gasteiger partial charge on any atom is -0.193 e. The number of hydrogen-bond acceptors (Lipinski definition) is 1. The summed E-state index contributed by atoms with van der Waals surface area (Å²) in [6.07, 6.45) is 2.33. The molecule has 0 N–H and O–H groups in total. The summed E-state index contributed by atoms with van der Waals surface area (Å²) >= 11 is 0. The van der Waals surface area contributed by atoms with Crippen LogP contribution in [0.5, 0.6) is 0 Å². The fourth-order valence-corrected chi connectivity index (χ4v) is 1.76. The topological polar surface area (TPSA) is 23.8 Å². The molecule has 1 heteroatoms. The van der Waals surface area contributed by atoms with E-state index in [1.807, 2.05) is 0 Å².